The van der Waals surface area contributed by atoms with Crippen molar-refractivity contribution in [2.75, 3.05) is 11.1 Å². The van der Waals surface area contributed by atoms with Gasteiger partial charge in [0.2, 0.25) is 5.91 Å². The molecule has 1 aromatic heterocycles. The van der Waals surface area contributed by atoms with Crippen LogP contribution in [0.1, 0.15) is 12.6 Å². The quantitative estimate of drug-likeness (QED) is 0.635. The summed E-state index contributed by atoms with van der Waals surface area (Å²) in [6.45, 7) is 1.91. The molecule has 2 N–H and O–H groups in total. The van der Waals surface area contributed by atoms with Gasteiger partial charge < -0.3 is 10.3 Å². The molecule has 0 spiro atoms. The van der Waals surface area contributed by atoms with Crippen molar-refractivity contribution in [3.63, 3.8) is 0 Å². The number of amides is 1. The molecule has 0 atom stereocenters. The van der Waals surface area contributed by atoms with E-state index < -0.39 is 0 Å². The summed E-state index contributed by atoms with van der Waals surface area (Å²) in [7, 11) is 0. The Bertz CT molecular complexity index is 749. The smallest absolute Gasteiger partial charge is 0.251 e. The summed E-state index contributed by atoms with van der Waals surface area (Å²) in [6, 6.07) is 6.26. The number of hydrogen-bond donors (Lipinski definition) is 2. The zero-order valence-electron chi connectivity index (χ0n) is 11.7. The van der Waals surface area contributed by atoms with Crippen LogP contribution < -0.4 is 10.9 Å². The van der Waals surface area contributed by atoms with E-state index >= 15 is 0 Å². The lowest BCUT2D eigenvalue weighted by molar-refractivity contribution is -0.113. The fourth-order valence-electron chi connectivity index (χ4n) is 1.65. The first-order valence-electron chi connectivity index (χ1n) is 6.46. The molecule has 1 amide bonds. The van der Waals surface area contributed by atoms with Gasteiger partial charge in [-0.15, -0.1) is 0 Å². The summed E-state index contributed by atoms with van der Waals surface area (Å²) < 4.78 is 0. The molecule has 116 valence electrons. The van der Waals surface area contributed by atoms with Crippen molar-refractivity contribution in [3.05, 3.63) is 50.4 Å². The number of rotatable bonds is 5. The van der Waals surface area contributed by atoms with Gasteiger partial charge in [0.1, 0.15) is 0 Å². The van der Waals surface area contributed by atoms with Crippen LogP contribution in [0.4, 0.5) is 5.69 Å². The number of carbonyl (C=O) groups is 1. The van der Waals surface area contributed by atoms with Crippen molar-refractivity contribution in [3.8, 4) is 0 Å². The number of aromatic nitrogens is 2. The van der Waals surface area contributed by atoms with Gasteiger partial charge in [-0.05, 0) is 24.6 Å². The van der Waals surface area contributed by atoms with Crippen molar-refractivity contribution >= 4 is 46.6 Å². The van der Waals surface area contributed by atoms with Gasteiger partial charge in [-0.25, -0.2) is 4.98 Å². The summed E-state index contributed by atoms with van der Waals surface area (Å²) in [4.78, 5) is 30.2. The Morgan fingerprint density at radius 3 is 2.86 bits per heavy atom. The zero-order chi connectivity index (χ0) is 16.1. The second-order valence-corrected chi connectivity index (χ2v) is 6.16. The molecule has 5 nitrogen and oxygen atoms in total. The molecule has 0 aliphatic heterocycles. The molecule has 1 aromatic carbocycles. The third kappa shape index (κ3) is 4.76. The lowest BCUT2D eigenvalue weighted by Gasteiger charge is -2.07. The second kappa shape index (κ2) is 7.67. The molecular weight excluding hydrogens is 345 g/mol. The molecule has 2 aromatic rings. The highest BCUT2D eigenvalue weighted by molar-refractivity contribution is 7.99. The maximum atomic E-state index is 11.9. The van der Waals surface area contributed by atoms with E-state index in [-0.39, 0.29) is 17.2 Å². The zero-order valence-corrected chi connectivity index (χ0v) is 14.0. The number of halogens is 2. The summed E-state index contributed by atoms with van der Waals surface area (Å²) in [5, 5.41) is 3.97. The van der Waals surface area contributed by atoms with E-state index in [2.05, 4.69) is 15.3 Å². The van der Waals surface area contributed by atoms with Crippen LogP contribution in [0.3, 0.4) is 0 Å². The molecule has 2 rings (SSSR count). The normalized spacial score (nSPS) is 10.5. The Balaban J connectivity index is 2.00. The van der Waals surface area contributed by atoms with Crippen LogP contribution in [0.2, 0.25) is 10.0 Å². The van der Waals surface area contributed by atoms with Crippen LogP contribution in [0.25, 0.3) is 0 Å². The first-order chi connectivity index (χ1) is 10.5. The number of carbonyl (C=O) groups excluding carboxylic acids is 1. The minimum atomic E-state index is -0.265. The van der Waals surface area contributed by atoms with Gasteiger partial charge in [-0.2, -0.15) is 0 Å². The first-order valence-corrected chi connectivity index (χ1v) is 8.20. The molecule has 0 saturated carbocycles. The van der Waals surface area contributed by atoms with E-state index in [4.69, 9.17) is 23.2 Å². The molecular formula is C14H13Cl2N3O2S. The highest BCUT2D eigenvalue weighted by Crippen LogP contribution is 2.25. The van der Waals surface area contributed by atoms with E-state index in [9.17, 15) is 9.59 Å². The van der Waals surface area contributed by atoms with Crippen molar-refractivity contribution < 1.29 is 4.79 Å². The lowest BCUT2D eigenvalue weighted by atomic mass is 10.3. The Kier molecular flexibility index (Phi) is 5.88. The first kappa shape index (κ1) is 16.9. The van der Waals surface area contributed by atoms with Gasteiger partial charge in [0, 0.05) is 16.8 Å². The van der Waals surface area contributed by atoms with Crippen molar-refractivity contribution in [1.82, 2.24) is 9.97 Å². The number of benzene rings is 1. The van der Waals surface area contributed by atoms with Gasteiger partial charge in [-0.1, -0.05) is 41.9 Å². The van der Waals surface area contributed by atoms with Crippen molar-refractivity contribution in [2.24, 2.45) is 0 Å². The van der Waals surface area contributed by atoms with E-state index in [1.165, 1.54) is 6.07 Å². The van der Waals surface area contributed by atoms with Gasteiger partial charge in [0.05, 0.1) is 16.5 Å². The summed E-state index contributed by atoms with van der Waals surface area (Å²) >= 11 is 13.0. The molecule has 0 fully saturated rings. The number of anilines is 1. The van der Waals surface area contributed by atoms with Gasteiger partial charge in [-0.3, -0.25) is 9.59 Å². The Morgan fingerprint density at radius 1 is 1.36 bits per heavy atom. The number of H-pyrrole nitrogens is 1. The number of aryl methyl sites for hydroxylation is 1. The molecule has 1 heterocycles. The minimum absolute atomic E-state index is 0.0962. The number of nitrogens with one attached hydrogen (secondary N) is 2. The predicted octanol–water partition coefficient (Wildman–Crippen LogP) is 3.37. The summed E-state index contributed by atoms with van der Waals surface area (Å²) in [5.74, 6) is -0.169. The van der Waals surface area contributed by atoms with Gasteiger partial charge in [0.15, 0.2) is 5.16 Å². The SMILES string of the molecule is CCc1cc(=O)[nH]c(SCC(=O)Nc2cc(Cl)ccc2Cl)n1. The molecule has 0 saturated heterocycles. The average Bonchev–Trinajstić information content (AvgIpc) is 2.48. The Hall–Kier alpha value is -1.50. The van der Waals surface area contributed by atoms with E-state index in [0.29, 0.717) is 33.0 Å². The van der Waals surface area contributed by atoms with Crippen LogP contribution in [0, 0.1) is 0 Å². The fourth-order valence-corrected chi connectivity index (χ4v) is 2.68. The standard InChI is InChI=1S/C14H13Cl2N3O2S/c1-2-9-6-12(20)19-14(17-9)22-7-13(21)18-11-5-8(15)3-4-10(11)16/h3-6H,2,7H2,1H3,(H,18,21)(H,17,19,20). The van der Waals surface area contributed by atoms with Crippen LogP contribution in [0.5, 0.6) is 0 Å². The van der Waals surface area contributed by atoms with Gasteiger partial charge >= 0.3 is 0 Å². The average molecular weight is 358 g/mol. The number of aromatic amines is 1. The molecule has 22 heavy (non-hydrogen) atoms. The van der Waals surface area contributed by atoms with Crippen LogP contribution in [-0.2, 0) is 11.2 Å². The Morgan fingerprint density at radius 2 is 2.14 bits per heavy atom. The van der Waals surface area contributed by atoms with E-state index in [1.807, 2.05) is 6.92 Å². The molecule has 8 heteroatoms. The lowest BCUT2D eigenvalue weighted by Crippen LogP contribution is -2.16. The molecule has 0 bridgehead atoms. The minimum Gasteiger partial charge on any atom is -0.324 e. The number of hydrogen-bond acceptors (Lipinski definition) is 4. The maximum absolute atomic E-state index is 11.9. The number of nitrogens with zero attached hydrogens (tertiary/aromatic N) is 1. The van der Waals surface area contributed by atoms with Crippen LogP contribution in [-0.4, -0.2) is 21.6 Å². The third-order valence-corrected chi connectivity index (χ3v) is 4.12. The molecule has 0 radical (unpaired) electrons. The van der Waals surface area contributed by atoms with Crippen LogP contribution >= 0.6 is 35.0 Å². The van der Waals surface area contributed by atoms with E-state index in [0.717, 1.165) is 11.8 Å². The summed E-state index contributed by atoms with van der Waals surface area (Å²) in [6.07, 6.45) is 0.655. The number of thioether (sulfide) groups is 1. The highest BCUT2D eigenvalue weighted by atomic mass is 35.5. The Labute approximate surface area is 141 Å². The second-order valence-electron chi connectivity index (χ2n) is 4.36. The van der Waals surface area contributed by atoms with Crippen molar-refractivity contribution in [2.45, 2.75) is 18.5 Å². The topological polar surface area (TPSA) is 74.8 Å². The van der Waals surface area contributed by atoms with E-state index in [1.54, 1.807) is 18.2 Å². The van der Waals surface area contributed by atoms with Gasteiger partial charge in [0.25, 0.3) is 5.56 Å². The monoisotopic (exact) mass is 357 g/mol. The molecule has 0 aliphatic carbocycles. The molecule has 0 unspecified atom stereocenters. The maximum Gasteiger partial charge on any atom is 0.251 e. The molecule has 0 aliphatic rings. The largest absolute Gasteiger partial charge is 0.324 e. The fraction of sp³-hybridized carbons (Fsp3) is 0.214. The predicted molar refractivity (Wildman–Crippen MR) is 90.1 cm³/mol. The van der Waals surface area contributed by atoms with Crippen molar-refractivity contribution in [1.29, 1.82) is 0 Å². The van der Waals surface area contributed by atoms with Crippen LogP contribution in [0.15, 0.2) is 34.2 Å². The third-order valence-electron chi connectivity index (χ3n) is 2.68. The highest BCUT2D eigenvalue weighted by Gasteiger charge is 2.09. The summed E-state index contributed by atoms with van der Waals surface area (Å²) in [5.41, 5.74) is 0.903.